The fourth-order valence-corrected chi connectivity index (χ4v) is 2.73. The molecule has 1 aromatic heterocycles. The third-order valence-corrected chi connectivity index (χ3v) is 4.40. The molecule has 1 N–H and O–H groups in total. The van der Waals surface area contributed by atoms with Crippen molar-refractivity contribution in [1.82, 2.24) is 4.98 Å². The van der Waals surface area contributed by atoms with Gasteiger partial charge >= 0.3 is 0 Å². The second-order valence-electron chi connectivity index (χ2n) is 7.07. The Hall–Kier alpha value is -2.15. The molecule has 1 saturated heterocycles. The number of hydrogen-bond donors (Lipinski definition) is 1. The first kappa shape index (κ1) is 19.6. The second kappa shape index (κ2) is 8.25. The maximum atomic E-state index is 12.7. The van der Waals surface area contributed by atoms with Gasteiger partial charge in [0, 0.05) is 16.7 Å². The van der Waals surface area contributed by atoms with Crippen molar-refractivity contribution in [3.05, 3.63) is 53.2 Å². The highest BCUT2D eigenvalue weighted by Crippen LogP contribution is 2.33. The highest BCUT2D eigenvalue weighted by Gasteiger charge is 2.40. The van der Waals surface area contributed by atoms with Crippen LogP contribution in [-0.2, 0) is 14.3 Å². The smallest absolute Gasteiger partial charge is 0.235 e. The van der Waals surface area contributed by atoms with Crippen LogP contribution in [0.4, 0.5) is 5.69 Å². The molecule has 3 rings (SSSR count). The summed E-state index contributed by atoms with van der Waals surface area (Å²) in [7, 11) is 0. The Morgan fingerprint density at radius 3 is 2.44 bits per heavy atom. The average molecular weight is 391 g/mol. The molecule has 1 fully saturated rings. The number of amides is 1. The number of rotatable bonds is 5. The highest BCUT2D eigenvalue weighted by atomic mass is 35.5. The number of carbonyl (C=O) groups is 1. The van der Waals surface area contributed by atoms with Crippen molar-refractivity contribution in [1.29, 1.82) is 0 Å². The molecular formula is C20H23ClN2O4. The Kier molecular flexibility index (Phi) is 5.99. The summed E-state index contributed by atoms with van der Waals surface area (Å²) in [6, 6.07) is 10.7. The summed E-state index contributed by atoms with van der Waals surface area (Å²) in [6.07, 6.45) is 1.11. The van der Waals surface area contributed by atoms with Crippen molar-refractivity contribution in [2.45, 2.75) is 33.2 Å². The van der Waals surface area contributed by atoms with E-state index in [1.807, 2.05) is 32.9 Å². The van der Waals surface area contributed by atoms with Gasteiger partial charge in [0.1, 0.15) is 0 Å². The number of aromatic nitrogens is 1. The Morgan fingerprint density at radius 1 is 1.22 bits per heavy atom. The lowest BCUT2D eigenvalue weighted by molar-refractivity contribution is -0.226. The SMILES string of the molecule is CC(C)Oc1ccc(NC(=O)C2(C)COC(c3ccc(Cl)cc3)OC2)cn1. The van der Waals surface area contributed by atoms with Gasteiger partial charge in [-0.1, -0.05) is 23.7 Å². The lowest BCUT2D eigenvalue weighted by Crippen LogP contribution is -2.45. The fourth-order valence-electron chi connectivity index (χ4n) is 2.60. The molecule has 0 unspecified atom stereocenters. The summed E-state index contributed by atoms with van der Waals surface area (Å²) >= 11 is 5.90. The number of anilines is 1. The molecule has 0 saturated carbocycles. The molecule has 2 aromatic rings. The summed E-state index contributed by atoms with van der Waals surface area (Å²) in [4.78, 5) is 16.9. The van der Waals surface area contributed by atoms with Gasteiger partial charge in [0.05, 0.1) is 36.6 Å². The van der Waals surface area contributed by atoms with Crippen molar-refractivity contribution >= 4 is 23.2 Å². The van der Waals surface area contributed by atoms with Gasteiger partial charge in [0.15, 0.2) is 6.29 Å². The standard InChI is InChI=1S/C20H23ClN2O4/c1-13(2)27-17-9-8-16(10-22-17)23-19(24)20(3)11-25-18(26-12-20)14-4-6-15(21)7-5-14/h4-10,13,18H,11-12H2,1-3H3,(H,23,24). The van der Waals surface area contributed by atoms with E-state index < -0.39 is 11.7 Å². The first-order valence-corrected chi connectivity index (χ1v) is 9.16. The molecule has 0 bridgehead atoms. The lowest BCUT2D eigenvalue weighted by Gasteiger charge is -2.36. The predicted octanol–water partition coefficient (Wildman–Crippen LogP) is 4.21. The number of ether oxygens (including phenoxy) is 3. The Bertz CT molecular complexity index is 770. The van der Waals surface area contributed by atoms with Crippen LogP contribution in [0.25, 0.3) is 0 Å². The average Bonchev–Trinajstić information content (AvgIpc) is 2.64. The van der Waals surface area contributed by atoms with Crippen LogP contribution in [0.2, 0.25) is 5.02 Å². The summed E-state index contributed by atoms with van der Waals surface area (Å²) in [6.45, 7) is 6.16. The number of nitrogens with zero attached hydrogens (tertiary/aromatic N) is 1. The van der Waals surface area contributed by atoms with Crippen LogP contribution in [0.1, 0.15) is 32.6 Å². The maximum Gasteiger partial charge on any atom is 0.235 e. The lowest BCUT2D eigenvalue weighted by atomic mass is 9.90. The van der Waals surface area contributed by atoms with Crippen molar-refractivity contribution in [3.8, 4) is 5.88 Å². The van der Waals surface area contributed by atoms with E-state index in [1.165, 1.54) is 0 Å². The molecular weight excluding hydrogens is 368 g/mol. The first-order chi connectivity index (χ1) is 12.9. The molecule has 0 spiro atoms. The predicted molar refractivity (Wildman–Crippen MR) is 103 cm³/mol. The van der Waals surface area contributed by atoms with E-state index in [9.17, 15) is 4.79 Å². The molecule has 1 aliphatic rings. The van der Waals surface area contributed by atoms with Crippen LogP contribution >= 0.6 is 11.6 Å². The molecule has 1 amide bonds. The summed E-state index contributed by atoms with van der Waals surface area (Å²) in [5.74, 6) is 0.334. The molecule has 0 atom stereocenters. The molecule has 2 heterocycles. The third kappa shape index (κ3) is 4.97. The highest BCUT2D eigenvalue weighted by molar-refractivity contribution is 6.30. The Labute approximate surface area is 163 Å². The summed E-state index contributed by atoms with van der Waals surface area (Å²) < 4.78 is 17.1. The van der Waals surface area contributed by atoms with Crippen molar-refractivity contribution in [3.63, 3.8) is 0 Å². The minimum Gasteiger partial charge on any atom is -0.475 e. The minimum absolute atomic E-state index is 0.0435. The van der Waals surface area contributed by atoms with E-state index in [4.69, 9.17) is 25.8 Å². The third-order valence-electron chi connectivity index (χ3n) is 4.15. The largest absolute Gasteiger partial charge is 0.475 e. The fraction of sp³-hybridized carbons (Fsp3) is 0.400. The zero-order valence-electron chi connectivity index (χ0n) is 15.6. The van der Waals surface area contributed by atoms with Gasteiger partial charge in [-0.3, -0.25) is 4.79 Å². The quantitative estimate of drug-likeness (QED) is 0.828. The molecule has 7 heteroatoms. The number of nitrogens with one attached hydrogen (secondary N) is 1. The van der Waals surface area contributed by atoms with E-state index in [-0.39, 0.29) is 25.2 Å². The monoisotopic (exact) mass is 390 g/mol. The van der Waals surface area contributed by atoms with Crippen molar-refractivity contribution in [2.24, 2.45) is 5.41 Å². The van der Waals surface area contributed by atoms with E-state index >= 15 is 0 Å². The zero-order chi connectivity index (χ0) is 19.4. The van der Waals surface area contributed by atoms with E-state index in [0.717, 1.165) is 5.56 Å². The molecule has 6 nitrogen and oxygen atoms in total. The van der Waals surface area contributed by atoms with Crippen LogP contribution in [0, 0.1) is 5.41 Å². The first-order valence-electron chi connectivity index (χ1n) is 8.78. The Balaban J connectivity index is 1.58. The van der Waals surface area contributed by atoms with Crippen molar-refractivity contribution in [2.75, 3.05) is 18.5 Å². The number of hydrogen-bond acceptors (Lipinski definition) is 5. The van der Waals surface area contributed by atoms with Gasteiger partial charge in [-0.25, -0.2) is 4.98 Å². The summed E-state index contributed by atoms with van der Waals surface area (Å²) in [5.41, 5.74) is 0.666. The number of pyridine rings is 1. The van der Waals surface area contributed by atoms with Crippen molar-refractivity contribution < 1.29 is 19.0 Å². The number of benzene rings is 1. The van der Waals surface area contributed by atoms with Gasteiger partial charge in [0.2, 0.25) is 11.8 Å². The summed E-state index contributed by atoms with van der Waals surface area (Å²) in [5, 5.41) is 3.51. The van der Waals surface area contributed by atoms with E-state index in [0.29, 0.717) is 16.6 Å². The number of carbonyl (C=O) groups excluding carboxylic acids is 1. The zero-order valence-corrected chi connectivity index (χ0v) is 16.3. The maximum absolute atomic E-state index is 12.7. The molecule has 1 aromatic carbocycles. The molecule has 27 heavy (non-hydrogen) atoms. The van der Waals surface area contributed by atoms with Crippen LogP contribution in [0.5, 0.6) is 5.88 Å². The van der Waals surface area contributed by atoms with Crippen LogP contribution in [-0.4, -0.2) is 30.2 Å². The topological polar surface area (TPSA) is 69.7 Å². The normalized spacial score (nSPS) is 22.5. The van der Waals surface area contributed by atoms with Gasteiger partial charge in [-0.05, 0) is 39.0 Å². The Morgan fingerprint density at radius 2 is 1.89 bits per heavy atom. The molecule has 144 valence electrons. The van der Waals surface area contributed by atoms with Gasteiger partial charge in [-0.2, -0.15) is 0 Å². The number of halogens is 1. The second-order valence-corrected chi connectivity index (χ2v) is 7.51. The van der Waals surface area contributed by atoms with Gasteiger partial charge < -0.3 is 19.5 Å². The van der Waals surface area contributed by atoms with Crippen LogP contribution in [0.15, 0.2) is 42.6 Å². The van der Waals surface area contributed by atoms with Crippen LogP contribution < -0.4 is 10.1 Å². The van der Waals surface area contributed by atoms with Gasteiger partial charge in [-0.15, -0.1) is 0 Å². The van der Waals surface area contributed by atoms with Gasteiger partial charge in [0.25, 0.3) is 0 Å². The van der Waals surface area contributed by atoms with E-state index in [1.54, 1.807) is 30.5 Å². The minimum atomic E-state index is -0.796. The molecule has 1 aliphatic heterocycles. The van der Waals surface area contributed by atoms with Crippen LogP contribution in [0.3, 0.4) is 0 Å². The molecule has 0 aliphatic carbocycles. The molecule has 0 radical (unpaired) electrons. The van der Waals surface area contributed by atoms with E-state index in [2.05, 4.69) is 10.3 Å².